The van der Waals surface area contributed by atoms with Crippen LogP contribution in [0.5, 0.6) is 0 Å². The second-order valence-electron chi connectivity index (χ2n) is 4.64. The summed E-state index contributed by atoms with van der Waals surface area (Å²) in [5.74, 6) is -0.0235. The van der Waals surface area contributed by atoms with Gasteiger partial charge in [0.25, 0.3) is 0 Å². The third-order valence-electron chi connectivity index (χ3n) is 3.22. The number of benzene rings is 1. The van der Waals surface area contributed by atoms with Crippen LogP contribution in [-0.2, 0) is 6.54 Å². The minimum Gasteiger partial charge on any atom is -0.303 e. The number of aryl methyl sites for hydroxylation is 1. The largest absolute Gasteiger partial charge is 0.319 e. The molecule has 0 fully saturated rings. The van der Waals surface area contributed by atoms with Gasteiger partial charge in [0.15, 0.2) is 0 Å². The predicted molar refractivity (Wildman–Crippen MR) is 69.9 cm³/mol. The summed E-state index contributed by atoms with van der Waals surface area (Å²) in [6.45, 7) is 1.12. The lowest BCUT2D eigenvalue weighted by molar-refractivity contribution is 0.0665. The average molecular weight is 283 g/mol. The predicted octanol–water partition coefficient (Wildman–Crippen LogP) is 3.58. The van der Waals surface area contributed by atoms with E-state index >= 15 is 0 Å². The van der Waals surface area contributed by atoms with Gasteiger partial charge >= 0.3 is 6.55 Å². The van der Waals surface area contributed by atoms with Crippen molar-refractivity contribution in [3.63, 3.8) is 0 Å². The molecule has 1 heterocycles. The van der Waals surface area contributed by atoms with Gasteiger partial charge < -0.3 is 5.32 Å². The van der Waals surface area contributed by atoms with Crippen LogP contribution in [0.1, 0.15) is 36.5 Å². The van der Waals surface area contributed by atoms with Gasteiger partial charge in [0.1, 0.15) is 11.6 Å². The second kappa shape index (κ2) is 6.09. The number of hydrogen-bond donors (Lipinski definition) is 1. The molecule has 3 nitrogen and oxygen atoms in total. The molecule has 0 radical (unpaired) electrons. The van der Waals surface area contributed by atoms with Gasteiger partial charge in [-0.25, -0.2) is 9.37 Å². The van der Waals surface area contributed by atoms with Crippen LogP contribution in [0.2, 0.25) is 0 Å². The molecule has 108 valence electrons. The Morgan fingerprint density at radius 3 is 2.75 bits per heavy atom. The van der Waals surface area contributed by atoms with E-state index in [-0.39, 0.29) is 24.2 Å². The van der Waals surface area contributed by atoms with Gasteiger partial charge in [0.2, 0.25) is 0 Å². The molecule has 20 heavy (non-hydrogen) atoms. The minimum atomic E-state index is -2.61. The lowest BCUT2D eigenvalue weighted by Gasteiger charge is -2.15. The van der Waals surface area contributed by atoms with Crippen LogP contribution < -0.4 is 5.32 Å². The zero-order valence-electron chi connectivity index (χ0n) is 11.3. The summed E-state index contributed by atoms with van der Waals surface area (Å²) in [7, 11) is 0. The minimum absolute atomic E-state index is 0.159. The first-order chi connectivity index (χ1) is 9.49. The number of halogens is 3. The van der Waals surface area contributed by atoms with E-state index in [0.717, 1.165) is 10.1 Å². The van der Waals surface area contributed by atoms with Crippen LogP contribution in [0.3, 0.4) is 0 Å². The third-order valence-corrected chi connectivity index (χ3v) is 3.22. The van der Waals surface area contributed by atoms with E-state index in [1.807, 2.05) is 13.0 Å². The van der Waals surface area contributed by atoms with E-state index < -0.39 is 6.55 Å². The Hall–Kier alpha value is -1.82. The molecule has 0 spiro atoms. The van der Waals surface area contributed by atoms with Crippen LogP contribution in [0.25, 0.3) is 0 Å². The maximum Gasteiger partial charge on any atom is 0.319 e. The third kappa shape index (κ3) is 3.19. The highest BCUT2D eigenvalue weighted by atomic mass is 19.3. The Morgan fingerprint density at radius 1 is 1.35 bits per heavy atom. The Labute approximate surface area is 115 Å². The van der Waals surface area contributed by atoms with Crippen LogP contribution in [0.4, 0.5) is 13.2 Å². The molecule has 0 aliphatic carbocycles. The van der Waals surface area contributed by atoms with Crippen LogP contribution in [-0.4, -0.2) is 9.55 Å². The van der Waals surface area contributed by atoms with E-state index in [1.165, 1.54) is 18.5 Å². The maximum absolute atomic E-state index is 13.5. The lowest BCUT2D eigenvalue weighted by Crippen LogP contribution is -2.21. The van der Waals surface area contributed by atoms with Gasteiger partial charge in [-0.15, -0.1) is 0 Å². The van der Waals surface area contributed by atoms with Crippen molar-refractivity contribution in [2.75, 3.05) is 0 Å². The van der Waals surface area contributed by atoms with Crippen molar-refractivity contribution in [1.29, 1.82) is 0 Å². The molecule has 0 saturated heterocycles. The molecule has 0 aliphatic rings. The van der Waals surface area contributed by atoms with Gasteiger partial charge in [-0.3, -0.25) is 4.57 Å². The maximum atomic E-state index is 13.5. The fraction of sp³-hybridized carbons (Fsp3) is 0.357. The molecular formula is C14H16F3N3. The number of nitrogens with one attached hydrogen (secondary N) is 1. The number of alkyl halides is 2. The molecule has 1 aromatic heterocycles. The lowest BCUT2D eigenvalue weighted by atomic mass is 10.1. The number of aromatic nitrogens is 2. The highest BCUT2D eigenvalue weighted by Gasteiger charge is 2.13. The van der Waals surface area contributed by atoms with Crippen LogP contribution in [0, 0.1) is 12.7 Å². The Morgan fingerprint density at radius 2 is 2.10 bits per heavy atom. The molecule has 1 unspecified atom stereocenters. The van der Waals surface area contributed by atoms with E-state index in [1.54, 1.807) is 13.0 Å². The molecule has 1 atom stereocenters. The van der Waals surface area contributed by atoms with Crippen molar-refractivity contribution in [2.45, 2.75) is 33.0 Å². The first-order valence-corrected chi connectivity index (χ1v) is 6.28. The SMILES string of the molecule is Cc1ccc(C(C)NCc2nccn2C(F)F)cc1F. The van der Waals surface area contributed by atoms with Crippen LogP contribution in [0.15, 0.2) is 30.6 Å². The number of imidazole rings is 1. The van der Waals surface area contributed by atoms with E-state index in [4.69, 9.17) is 0 Å². The molecule has 6 heteroatoms. The summed E-state index contributed by atoms with van der Waals surface area (Å²) in [5.41, 5.74) is 1.34. The van der Waals surface area contributed by atoms with Gasteiger partial charge in [0.05, 0.1) is 6.54 Å². The first-order valence-electron chi connectivity index (χ1n) is 6.28. The highest BCUT2D eigenvalue weighted by molar-refractivity contribution is 5.25. The molecule has 0 bridgehead atoms. The van der Waals surface area contributed by atoms with Gasteiger partial charge in [0, 0.05) is 18.4 Å². The zero-order valence-corrected chi connectivity index (χ0v) is 11.3. The molecule has 2 aromatic rings. The van der Waals surface area contributed by atoms with E-state index in [0.29, 0.717) is 5.56 Å². The summed E-state index contributed by atoms with van der Waals surface area (Å²) < 4.78 is 39.6. The number of rotatable bonds is 5. The zero-order chi connectivity index (χ0) is 14.7. The molecule has 1 aromatic carbocycles. The van der Waals surface area contributed by atoms with Crippen molar-refractivity contribution in [2.24, 2.45) is 0 Å². The van der Waals surface area contributed by atoms with Gasteiger partial charge in [-0.1, -0.05) is 12.1 Å². The Bertz CT molecular complexity index is 581. The summed E-state index contributed by atoms with van der Waals surface area (Å²) in [5, 5.41) is 3.06. The molecule has 2 rings (SSSR count). The van der Waals surface area contributed by atoms with Gasteiger partial charge in [-0.2, -0.15) is 8.78 Å². The fourth-order valence-electron chi connectivity index (χ4n) is 1.90. The molecule has 0 amide bonds. The van der Waals surface area contributed by atoms with Crippen molar-refractivity contribution >= 4 is 0 Å². The van der Waals surface area contributed by atoms with Crippen molar-refractivity contribution in [1.82, 2.24) is 14.9 Å². The average Bonchev–Trinajstić information content (AvgIpc) is 2.87. The smallest absolute Gasteiger partial charge is 0.303 e. The summed E-state index contributed by atoms with van der Waals surface area (Å²) >= 11 is 0. The second-order valence-corrected chi connectivity index (χ2v) is 4.64. The monoisotopic (exact) mass is 283 g/mol. The van der Waals surface area contributed by atoms with E-state index in [9.17, 15) is 13.2 Å². The van der Waals surface area contributed by atoms with Gasteiger partial charge in [-0.05, 0) is 31.0 Å². The van der Waals surface area contributed by atoms with E-state index in [2.05, 4.69) is 10.3 Å². The topological polar surface area (TPSA) is 29.9 Å². The first kappa shape index (κ1) is 14.6. The quantitative estimate of drug-likeness (QED) is 0.909. The molecule has 1 N–H and O–H groups in total. The van der Waals surface area contributed by atoms with Crippen LogP contribution >= 0.6 is 0 Å². The molecular weight excluding hydrogens is 267 g/mol. The number of nitrogens with zero attached hydrogens (tertiary/aromatic N) is 2. The number of hydrogen-bond acceptors (Lipinski definition) is 2. The normalized spacial score (nSPS) is 12.9. The molecule has 0 aliphatic heterocycles. The standard InChI is InChI=1S/C14H16F3N3/c1-9-3-4-11(7-12(9)15)10(2)19-8-13-18-5-6-20(13)14(16)17/h3-7,10,14,19H,8H2,1-2H3. The van der Waals surface area contributed by atoms with Crippen molar-refractivity contribution in [3.8, 4) is 0 Å². The Kier molecular flexibility index (Phi) is 4.44. The molecule has 0 saturated carbocycles. The Balaban J connectivity index is 2.03. The highest BCUT2D eigenvalue weighted by Crippen LogP contribution is 2.17. The van der Waals surface area contributed by atoms with Crippen molar-refractivity contribution < 1.29 is 13.2 Å². The fourth-order valence-corrected chi connectivity index (χ4v) is 1.90. The summed E-state index contributed by atoms with van der Waals surface area (Å²) in [4.78, 5) is 3.88. The summed E-state index contributed by atoms with van der Waals surface area (Å²) in [6, 6.07) is 4.80. The summed E-state index contributed by atoms with van der Waals surface area (Å²) in [6.07, 6.45) is 2.57. The van der Waals surface area contributed by atoms with Crippen molar-refractivity contribution in [3.05, 3.63) is 53.4 Å².